The normalized spacial score (nSPS) is 11.6. The van der Waals surface area contributed by atoms with Crippen molar-refractivity contribution in [2.24, 2.45) is 0 Å². The van der Waals surface area contributed by atoms with Gasteiger partial charge in [0.1, 0.15) is 5.69 Å². The van der Waals surface area contributed by atoms with Crippen LogP contribution in [0.2, 0.25) is 0 Å². The molecule has 2 amide bonds. The number of aliphatic hydroxyl groups is 1. The molecule has 17 heavy (non-hydrogen) atoms. The van der Waals surface area contributed by atoms with Crippen LogP contribution in [-0.4, -0.2) is 28.7 Å². The Morgan fingerprint density at radius 2 is 2.18 bits per heavy atom. The van der Waals surface area contributed by atoms with E-state index in [1.807, 2.05) is 0 Å². The second kappa shape index (κ2) is 5.80. The van der Waals surface area contributed by atoms with Crippen molar-refractivity contribution in [3.8, 4) is 0 Å². The van der Waals surface area contributed by atoms with Crippen LogP contribution in [0.5, 0.6) is 0 Å². The Balaban J connectivity index is 2.74. The molecule has 1 atom stereocenters. The molecule has 0 aliphatic rings. The maximum atomic E-state index is 11.4. The van der Waals surface area contributed by atoms with Crippen molar-refractivity contribution in [1.29, 1.82) is 0 Å². The minimum atomic E-state index is -0.596. The van der Waals surface area contributed by atoms with Gasteiger partial charge in [0.2, 0.25) is 0 Å². The van der Waals surface area contributed by atoms with Crippen LogP contribution < -0.4 is 10.6 Å². The van der Waals surface area contributed by atoms with E-state index >= 15 is 0 Å². The molecule has 0 saturated heterocycles. The highest BCUT2D eigenvalue weighted by molar-refractivity contribution is 5.91. The number of benzene rings is 1. The highest BCUT2D eigenvalue weighted by Crippen LogP contribution is 2.22. The molecule has 1 unspecified atom stereocenters. The first-order chi connectivity index (χ1) is 8.04. The zero-order valence-corrected chi connectivity index (χ0v) is 9.21. The lowest BCUT2D eigenvalue weighted by Crippen LogP contribution is -2.38. The quantitative estimate of drug-likeness (QED) is 0.540. The molecule has 0 radical (unpaired) electrons. The third kappa shape index (κ3) is 3.72. The number of nitro benzene ring substituents is 1. The van der Waals surface area contributed by atoms with Crippen LogP contribution in [0.3, 0.4) is 0 Å². The Morgan fingerprint density at radius 1 is 1.53 bits per heavy atom. The first kappa shape index (κ1) is 12.9. The van der Waals surface area contributed by atoms with Gasteiger partial charge in [0.05, 0.1) is 17.6 Å². The monoisotopic (exact) mass is 239 g/mol. The number of aliphatic hydroxyl groups excluding tert-OH is 1. The lowest BCUT2D eigenvalue weighted by Gasteiger charge is -2.11. The summed E-state index contributed by atoms with van der Waals surface area (Å²) in [5.41, 5.74) is -0.0700. The number of hydrogen-bond acceptors (Lipinski definition) is 4. The van der Waals surface area contributed by atoms with E-state index < -0.39 is 17.0 Å². The lowest BCUT2D eigenvalue weighted by molar-refractivity contribution is -0.383. The number of carbonyl (C=O) groups is 1. The molecule has 1 aromatic rings. The Bertz CT molecular complexity index is 422. The number of nitrogens with one attached hydrogen (secondary N) is 2. The second-order valence-corrected chi connectivity index (χ2v) is 3.46. The number of nitrogens with zero attached hydrogens (tertiary/aromatic N) is 1. The molecular weight excluding hydrogens is 226 g/mol. The summed E-state index contributed by atoms with van der Waals surface area (Å²) >= 11 is 0. The molecule has 0 heterocycles. The first-order valence-corrected chi connectivity index (χ1v) is 4.96. The molecule has 0 bridgehead atoms. The van der Waals surface area contributed by atoms with Crippen LogP contribution in [0, 0.1) is 10.1 Å². The van der Waals surface area contributed by atoms with Crippen molar-refractivity contribution in [2.45, 2.75) is 13.0 Å². The van der Waals surface area contributed by atoms with Crippen LogP contribution in [0.1, 0.15) is 6.92 Å². The van der Waals surface area contributed by atoms with E-state index in [-0.39, 0.29) is 18.0 Å². The molecule has 92 valence electrons. The molecule has 0 aliphatic carbocycles. The van der Waals surface area contributed by atoms with E-state index in [1.165, 1.54) is 18.2 Å². The SMILES string of the molecule is CC(CO)NC(=O)Nc1ccccc1[N+](=O)[O-]. The van der Waals surface area contributed by atoms with Crippen LogP contribution in [0.25, 0.3) is 0 Å². The minimum absolute atomic E-state index is 0.111. The number of anilines is 1. The van der Waals surface area contributed by atoms with Gasteiger partial charge in [0, 0.05) is 6.07 Å². The molecular formula is C10H13N3O4. The smallest absolute Gasteiger partial charge is 0.319 e. The molecule has 7 nitrogen and oxygen atoms in total. The molecule has 0 aromatic heterocycles. The van der Waals surface area contributed by atoms with Gasteiger partial charge in [-0.1, -0.05) is 12.1 Å². The fraction of sp³-hybridized carbons (Fsp3) is 0.300. The van der Waals surface area contributed by atoms with Gasteiger partial charge in [-0.25, -0.2) is 4.79 Å². The summed E-state index contributed by atoms with van der Waals surface area (Å²) in [4.78, 5) is 21.5. The summed E-state index contributed by atoms with van der Waals surface area (Å²) in [6.07, 6.45) is 0. The van der Waals surface area contributed by atoms with Crippen LogP contribution in [0.4, 0.5) is 16.2 Å². The van der Waals surface area contributed by atoms with Gasteiger partial charge in [-0.3, -0.25) is 10.1 Å². The number of carbonyl (C=O) groups excluding carboxylic acids is 1. The summed E-state index contributed by atoms with van der Waals surface area (Å²) in [5.74, 6) is 0. The molecule has 1 rings (SSSR count). The van der Waals surface area contributed by atoms with Gasteiger partial charge in [-0.2, -0.15) is 0 Å². The van der Waals surface area contributed by atoms with E-state index in [1.54, 1.807) is 13.0 Å². The highest BCUT2D eigenvalue weighted by atomic mass is 16.6. The number of nitro groups is 1. The average Bonchev–Trinajstić information content (AvgIpc) is 2.29. The maximum Gasteiger partial charge on any atom is 0.319 e. The Kier molecular flexibility index (Phi) is 4.41. The van der Waals surface area contributed by atoms with E-state index in [0.717, 1.165) is 0 Å². The van der Waals surface area contributed by atoms with Gasteiger partial charge < -0.3 is 15.7 Å². The third-order valence-electron chi connectivity index (χ3n) is 2.00. The topological polar surface area (TPSA) is 104 Å². The van der Waals surface area contributed by atoms with Crippen molar-refractivity contribution in [3.05, 3.63) is 34.4 Å². The summed E-state index contributed by atoms with van der Waals surface area (Å²) in [6.45, 7) is 1.41. The number of amides is 2. The Morgan fingerprint density at radius 3 is 2.76 bits per heavy atom. The van der Waals surface area contributed by atoms with Gasteiger partial charge in [0.25, 0.3) is 5.69 Å². The number of rotatable bonds is 4. The molecule has 7 heteroatoms. The van der Waals surface area contributed by atoms with Gasteiger partial charge in [0.15, 0.2) is 0 Å². The van der Waals surface area contributed by atoms with Crippen molar-refractivity contribution in [1.82, 2.24) is 5.32 Å². The van der Waals surface area contributed by atoms with Crippen LogP contribution in [-0.2, 0) is 0 Å². The van der Waals surface area contributed by atoms with Crippen LogP contribution >= 0.6 is 0 Å². The van der Waals surface area contributed by atoms with Crippen molar-refractivity contribution in [2.75, 3.05) is 11.9 Å². The molecule has 0 fully saturated rings. The van der Waals surface area contributed by atoms with Crippen LogP contribution in [0.15, 0.2) is 24.3 Å². The summed E-state index contributed by atoms with van der Waals surface area (Å²) in [6, 6.07) is 4.81. The Hall–Kier alpha value is -2.15. The Labute approximate surface area is 97.6 Å². The fourth-order valence-electron chi connectivity index (χ4n) is 1.17. The van der Waals surface area contributed by atoms with Gasteiger partial charge in [-0.05, 0) is 13.0 Å². The van der Waals surface area contributed by atoms with E-state index in [9.17, 15) is 14.9 Å². The molecule has 0 saturated carbocycles. The van der Waals surface area contributed by atoms with E-state index in [2.05, 4.69) is 10.6 Å². The number of urea groups is 1. The largest absolute Gasteiger partial charge is 0.394 e. The zero-order chi connectivity index (χ0) is 12.8. The van der Waals surface area contributed by atoms with Gasteiger partial charge >= 0.3 is 6.03 Å². The first-order valence-electron chi connectivity index (χ1n) is 4.96. The number of para-hydroxylation sites is 2. The maximum absolute atomic E-state index is 11.4. The summed E-state index contributed by atoms with van der Waals surface area (Å²) < 4.78 is 0. The van der Waals surface area contributed by atoms with Crippen molar-refractivity contribution >= 4 is 17.4 Å². The highest BCUT2D eigenvalue weighted by Gasteiger charge is 2.15. The second-order valence-electron chi connectivity index (χ2n) is 3.46. The summed E-state index contributed by atoms with van der Waals surface area (Å²) in [5, 5.41) is 24.2. The lowest BCUT2D eigenvalue weighted by atomic mass is 10.2. The third-order valence-corrected chi connectivity index (χ3v) is 2.00. The predicted octanol–water partition coefficient (Wildman–Crippen LogP) is 1.10. The minimum Gasteiger partial charge on any atom is -0.394 e. The standard InChI is InChI=1S/C10H13N3O4/c1-7(6-14)11-10(15)12-8-4-2-3-5-9(8)13(16)17/h2-5,7,14H,6H2,1H3,(H2,11,12,15). The molecule has 0 spiro atoms. The van der Waals surface area contributed by atoms with Gasteiger partial charge in [-0.15, -0.1) is 0 Å². The molecule has 1 aromatic carbocycles. The zero-order valence-electron chi connectivity index (χ0n) is 9.21. The molecule has 0 aliphatic heterocycles. The van der Waals surface area contributed by atoms with E-state index in [4.69, 9.17) is 5.11 Å². The summed E-state index contributed by atoms with van der Waals surface area (Å²) in [7, 11) is 0. The molecule has 3 N–H and O–H groups in total. The van der Waals surface area contributed by atoms with Crippen molar-refractivity contribution in [3.63, 3.8) is 0 Å². The van der Waals surface area contributed by atoms with E-state index in [0.29, 0.717) is 0 Å². The average molecular weight is 239 g/mol. The fourth-order valence-corrected chi connectivity index (χ4v) is 1.17. The predicted molar refractivity (Wildman–Crippen MR) is 61.8 cm³/mol. The number of hydrogen-bond donors (Lipinski definition) is 3. The van der Waals surface area contributed by atoms with Crippen molar-refractivity contribution < 1.29 is 14.8 Å².